The van der Waals surface area contributed by atoms with Crippen LogP contribution in [0.5, 0.6) is 0 Å². The molecular formula is C16H17NOS. The van der Waals surface area contributed by atoms with Crippen molar-refractivity contribution >= 4 is 17.2 Å². The number of aryl methyl sites for hydroxylation is 1. The third kappa shape index (κ3) is 2.87. The van der Waals surface area contributed by atoms with Gasteiger partial charge in [-0.25, -0.2) is 0 Å². The van der Waals surface area contributed by atoms with E-state index in [2.05, 4.69) is 48.0 Å². The molecule has 2 aromatic rings. The van der Waals surface area contributed by atoms with Crippen LogP contribution in [0.2, 0.25) is 0 Å². The molecule has 1 aromatic heterocycles. The number of hydrogen-bond donors (Lipinski definition) is 1. The van der Waals surface area contributed by atoms with Gasteiger partial charge in [-0.2, -0.15) is 0 Å². The van der Waals surface area contributed by atoms with E-state index in [9.17, 15) is 4.79 Å². The van der Waals surface area contributed by atoms with Gasteiger partial charge >= 0.3 is 0 Å². The van der Waals surface area contributed by atoms with Crippen molar-refractivity contribution in [3.63, 3.8) is 0 Å². The van der Waals surface area contributed by atoms with E-state index in [1.165, 1.54) is 10.4 Å². The van der Waals surface area contributed by atoms with Crippen molar-refractivity contribution in [2.45, 2.75) is 25.8 Å². The highest BCUT2D eigenvalue weighted by atomic mass is 32.1. The molecule has 1 aliphatic carbocycles. The van der Waals surface area contributed by atoms with Gasteiger partial charge in [0.2, 0.25) is 5.91 Å². The molecule has 0 aliphatic heterocycles. The van der Waals surface area contributed by atoms with Gasteiger partial charge in [-0.15, -0.1) is 11.3 Å². The number of benzene rings is 1. The smallest absolute Gasteiger partial charge is 0.223 e. The van der Waals surface area contributed by atoms with Gasteiger partial charge < -0.3 is 5.32 Å². The van der Waals surface area contributed by atoms with Crippen LogP contribution in [0, 0.1) is 12.8 Å². The summed E-state index contributed by atoms with van der Waals surface area (Å²) >= 11 is 1.69. The van der Waals surface area contributed by atoms with Crippen molar-refractivity contribution in [3.05, 3.63) is 57.8 Å². The van der Waals surface area contributed by atoms with Gasteiger partial charge in [0.15, 0.2) is 0 Å². The minimum absolute atomic E-state index is 0.00583. The molecule has 0 unspecified atom stereocenters. The van der Waals surface area contributed by atoms with E-state index in [1.54, 1.807) is 11.3 Å². The first-order valence-corrected chi connectivity index (χ1v) is 7.52. The molecule has 0 spiro atoms. The molecule has 0 radical (unpaired) electrons. The summed E-state index contributed by atoms with van der Waals surface area (Å²) in [6, 6.07) is 12.5. The summed E-state index contributed by atoms with van der Waals surface area (Å²) in [5.74, 6) is 0.437. The molecule has 1 saturated carbocycles. The van der Waals surface area contributed by atoms with Gasteiger partial charge in [0.05, 0.1) is 6.04 Å². The molecule has 1 fully saturated rings. The Morgan fingerprint density at radius 2 is 2.00 bits per heavy atom. The Morgan fingerprint density at radius 1 is 1.26 bits per heavy atom. The zero-order valence-electron chi connectivity index (χ0n) is 10.9. The third-order valence-electron chi connectivity index (χ3n) is 3.47. The number of nitrogens with one attached hydrogen (secondary N) is 1. The summed E-state index contributed by atoms with van der Waals surface area (Å²) in [7, 11) is 0. The summed E-state index contributed by atoms with van der Waals surface area (Å²) in [4.78, 5) is 13.2. The molecule has 3 heteroatoms. The first-order valence-electron chi connectivity index (χ1n) is 6.64. The Balaban J connectivity index is 1.87. The summed E-state index contributed by atoms with van der Waals surface area (Å²) in [6.07, 6.45) is 2.08. The van der Waals surface area contributed by atoms with Crippen LogP contribution < -0.4 is 5.32 Å². The van der Waals surface area contributed by atoms with Crippen LogP contribution in [0.25, 0.3) is 0 Å². The van der Waals surface area contributed by atoms with Crippen molar-refractivity contribution in [1.29, 1.82) is 0 Å². The fourth-order valence-electron chi connectivity index (χ4n) is 2.14. The highest BCUT2D eigenvalue weighted by molar-refractivity contribution is 7.10. The summed E-state index contributed by atoms with van der Waals surface area (Å²) in [6.45, 7) is 2.08. The second kappa shape index (κ2) is 5.17. The maximum Gasteiger partial charge on any atom is 0.223 e. The Kier molecular flexibility index (Phi) is 3.38. The molecule has 1 heterocycles. The molecule has 0 bridgehead atoms. The molecule has 19 heavy (non-hydrogen) atoms. The van der Waals surface area contributed by atoms with Gasteiger partial charge in [0, 0.05) is 10.8 Å². The molecule has 1 N–H and O–H groups in total. The van der Waals surface area contributed by atoms with Gasteiger partial charge in [0.1, 0.15) is 0 Å². The lowest BCUT2D eigenvalue weighted by molar-refractivity contribution is -0.122. The van der Waals surface area contributed by atoms with E-state index in [0.717, 1.165) is 18.4 Å². The number of carbonyl (C=O) groups excluding carboxylic acids is 1. The summed E-state index contributed by atoms with van der Waals surface area (Å²) in [5, 5.41) is 5.24. The lowest BCUT2D eigenvalue weighted by Crippen LogP contribution is -2.29. The fourth-order valence-corrected chi connectivity index (χ4v) is 2.94. The topological polar surface area (TPSA) is 29.1 Å². The number of carbonyl (C=O) groups is 1. The number of thiophene rings is 1. The number of hydrogen-bond acceptors (Lipinski definition) is 2. The van der Waals surface area contributed by atoms with Crippen LogP contribution in [0.4, 0.5) is 0 Å². The van der Waals surface area contributed by atoms with E-state index in [-0.39, 0.29) is 17.9 Å². The van der Waals surface area contributed by atoms with Crippen LogP contribution in [-0.2, 0) is 4.79 Å². The van der Waals surface area contributed by atoms with Gasteiger partial charge in [-0.05, 0) is 36.8 Å². The van der Waals surface area contributed by atoms with Crippen molar-refractivity contribution in [2.75, 3.05) is 0 Å². The largest absolute Gasteiger partial charge is 0.344 e. The molecule has 0 saturated heterocycles. The van der Waals surface area contributed by atoms with Crippen LogP contribution >= 0.6 is 11.3 Å². The van der Waals surface area contributed by atoms with Gasteiger partial charge in [-0.3, -0.25) is 4.79 Å². The normalized spacial score (nSPS) is 16.1. The lowest BCUT2D eigenvalue weighted by atomic mass is 10.0. The second-order valence-corrected chi connectivity index (χ2v) is 6.12. The van der Waals surface area contributed by atoms with E-state index < -0.39 is 0 Å². The van der Waals surface area contributed by atoms with Crippen LogP contribution in [-0.4, -0.2) is 5.91 Å². The van der Waals surface area contributed by atoms with Crippen LogP contribution in [0.15, 0.2) is 41.8 Å². The quantitative estimate of drug-likeness (QED) is 0.903. The highest BCUT2D eigenvalue weighted by Gasteiger charge is 2.31. The number of amides is 1. The van der Waals surface area contributed by atoms with Crippen LogP contribution in [0.1, 0.15) is 34.9 Å². The molecule has 1 atom stereocenters. The zero-order chi connectivity index (χ0) is 13.2. The summed E-state index contributed by atoms with van der Waals surface area (Å²) < 4.78 is 0. The molecule has 1 aliphatic rings. The highest BCUT2D eigenvalue weighted by Crippen LogP contribution is 2.32. The minimum Gasteiger partial charge on any atom is -0.344 e. The predicted octanol–water partition coefficient (Wildman–Crippen LogP) is 3.67. The molecule has 1 amide bonds. The fraction of sp³-hybridized carbons (Fsp3) is 0.312. The Bertz CT molecular complexity index is 555. The number of rotatable bonds is 4. The Labute approximate surface area is 117 Å². The third-order valence-corrected chi connectivity index (χ3v) is 4.41. The maximum absolute atomic E-state index is 12.0. The van der Waals surface area contributed by atoms with Crippen molar-refractivity contribution in [3.8, 4) is 0 Å². The van der Waals surface area contributed by atoms with E-state index in [4.69, 9.17) is 0 Å². The molecule has 98 valence electrons. The van der Waals surface area contributed by atoms with Crippen molar-refractivity contribution < 1.29 is 4.79 Å². The molecule has 1 aromatic carbocycles. The zero-order valence-corrected chi connectivity index (χ0v) is 11.7. The average Bonchev–Trinajstić information content (AvgIpc) is 3.13. The van der Waals surface area contributed by atoms with Crippen molar-refractivity contribution in [2.24, 2.45) is 5.92 Å². The minimum atomic E-state index is -0.00583. The predicted molar refractivity (Wildman–Crippen MR) is 78.2 cm³/mol. The SMILES string of the molecule is Cc1ccc([C@H](NC(=O)C2CC2)c2cccs2)cc1. The average molecular weight is 271 g/mol. The first-order chi connectivity index (χ1) is 9.24. The Hall–Kier alpha value is -1.61. The maximum atomic E-state index is 12.0. The molecule has 2 nitrogen and oxygen atoms in total. The summed E-state index contributed by atoms with van der Waals surface area (Å²) in [5.41, 5.74) is 2.39. The van der Waals surface area contributed by atoms with Gasteiger partial charge in [-0.1, -0.05) is 35.9 Å². The molecular weight excluding hydrogens is 254 g/mol. The van der Waals surface area contributed by atoms with Crippen LogP contribution in [0.3, 0.4) is 0 Å². The standard InChI is InChI=1S/C16H17NOS/c1-11-4-6-12(7-5-11)15(14-3-2-10-19-14)17-16(18)13-8-9-13/h2-7,10,13,15H,8-9H2,1H3,(H,17,18)/t15-/m0/s1. The van der Waals surface area contributed by atoms with Gasteiger partial charge in [0.25, 0.3) is 0 Å². The van der Waals surface area contributed by atoms with Crippen molar-refractivity contribution in [1.82, 2.24) is 5.32 Å². The first kappa shape index (κ1) is 12.4. The second-order valence-electron chi connectivity index (χ2n) is 5.14. The lowest BCUT2D eigenvalue weighted by Gasteiger charge is -2.18. The monoisotopic (exact) mass is 271 g/mol. The molecule has 3 rings (SSSR count). The van der Waals surface area contributed by atoms with E-state index >= 15 is 0 Å². The van der Waals surface area contributed by atoms with E-state index in [1.807, 2.05) is 6.07 Å². The Morgan fingerprint density at radius 3 is 2.58 bits per heavy atom. The van der Waals surface area contributed by atoms with E-state index in [0.29, 0.717) is 0 Å².